The molecular formula is C19H39N3O4. The van der Waals surface area contributed by atoms with Gasteiger partial charge in [-0.2, -0.15) is 0 Å². The van der Waals surface area contributed by atoms with Gasteiger partial charge in [-0.05, 0) is 80.4 Å². The van der Waals surface area contributed by atoms with E-state index in [-0.39, 0.29) is 12.1 Å². The molecule has 3 N–H and O–H groups in total. The second kappa shape index (κ2) is 12.9. The Labute approximate surface area is 159 Å². The lowest BCUT2D eigenvalue weighted by atomic mass is 10.2. The van der Waals surface area contributed by atoms with Gasteiger partial charge < -0.3 is 25.4 Å². The Balaban J connectivity index is 3.32. The second-order valence-corrected chi connectivity index (χ2v) is 8.33. The molecule has 0 aliphatic rings. The van der Waals surface area contributed by atoms with Gasteiger partial charge in [0.1, 0.15) is 11.2 Å². The number of hydrogen-bond donors (Lipinski definition) is 3. The Morgan fingerprint density at radius 2 is 1.23 bits per heavy atom. The van der Waals surface area contributed by atoms with Crippen LogP contribution in [0.15, 0.2) is 0 Å². The minimum absolute atomic E-state index is 0.123. The number of carbonyl (C=O) groups is 2. The first-order valence-electron chi connectivity index (χ1n) is 9.60. The standard InChI is InChI=1S/C19H39N3O4/c1-18(2,3)25-16(23)10-7-8-11-20-12-9-13-21-14-15-22-17(24)26-19(4,5)6/h20-21H,7-15H2,1-6H3,(H,22,24). The van der Waals surface area contributed by atoms with Crippen molar-refractivity contribution in [2.24, 2.45) is 0 Å². The number of hydrogen-bond acceptors (Lipinski definition) is 6. The second-order valence-electron chi connectivity index (χ2n) is 8.33. The molecule has 0 atom stereocenters. The highest BCUT2D eigenvalue weighted by molar-refractivity contribution is 5.69. The molecule has 0 saturated heterocycles. The summed E-state index contributed by atoms with van der Waals surface area (Å²) in [6.45, 7) is 15.2. The van der Waals surface area contributed by atoms with E-state index in [1.54, 1.807) is 0 Å². The summed E-state index contributed by atoms with van der Waals surface area (Å²) in [7, 11) is 0. The molecule has 0 bridgehead atoms. The topological polar surface area (TPSA) is 88.7 Å². The average Bonchev–Trinajstić information content (AvgIpc) is 2.44. The minimum Gasteiger partial charge on any atom is -0.460 e. The normalized spacial score (nSPS) is 11.9. The highest BCUT2D eigenvalue weighted by Crippen LogP contribution is 2.09. The number of ether oxygens (including phenoxy) is 2. The molecule has 0 rings (SSSR count). The first-order valence-corrected chi connectivity index (χ1v) is 9.60. The molecule has 7 heteroatoms. The number of alkyl carbamates (subject to hydrolysis) is 1. The molecule has 0 radical (unpaired) electrons. The third kappa shape index (κ3) is 19.0. The maximum Gasteiger partial charge on any atom is 0.407 e. The van der Waals surface area contributed by atoms with Gasteiger partial charge >= 0.3 is 12.1 Å². The van der Waals surface area contributed by atoms with Crippen molar-refractivity contribution >= 4 is 12.1 Å². The molecule has 0 aliphatic carbocycles. The minimum atomic E-state index is -0.462. The Morgan fingerprint density at radius 3 is 1.81 bits per heavy atom. The van der Waals surface area contributed by atoms with Gasteiger partial charge in [-0.15, -0.1) is 0 Å². The summed E-state index contributed by atoms with van der Waals surface area (Å²) in [4.78, 5) is 23.0. The summed E-state index contributed by atoms with van der Waals surface area (Å²) in [5.41, 5.74) is -0.860. The summed E-state index contributed by atoms with van der Waals surface area (Å²) in [6.07, 6.45) is 2.92. The zero-order valence-electron chi connectivity index (χ0n) is 17.5. The van der Waals surface area contributed by atoms with E-state index >= 15 is 0 Å². The fourth-order valence-electron chi connectivity index (χ4n) is 2.07. The number of rotatable bonds is 12. The van der Waals surface area contributed by atoms with E-state index in [1.807, 2.05) is 41.5 Å². The number of unbranched alkanes of at least 4 members (excludes halogenated alkanes) is 1. The van der Waals surface area contributed by atoms with Crippen molar-refractivity contribution in [1.29, 1.82) is 0 Å². The van der Waals surface area contributed by atoms with Crippen molar-refractivity contribution in [1.82, 2.24) is 16.0 Å². The van der Waals surface area contributed by atoms with Crippen molar-refractivity contribution in [2.75, 3.05) is 32.7 Å². The van der Waals surface area contributed by atoms with Gasteiger partial charge in [-0.1, -0.05) is 0 Å². The molecule has 26 heavy (non-hydrogen) atoms. The SMILES string of the molecule is CC(C)(C)OC(=O)CCCCNCCCNCCNC(=O)OC(C)(C)C. The summed E-state index contributed by atoms with van der Waals surface area (Å²) < 4.78 is 10.4. The molecule has 0 heterocycles. The average molecular weight is 374 g/mol. The van der Waals surface area contributed by atoms with E-state index in [0.29, 0.717) is 13.0 Å². The first-order chi connectivity index (χ1) is 12.0. The largest absolute Gasteiger partial charge is 0.460 e. The molecule has 1 amide bonds. The van der Waals surface area contributed by atoms with Crippen molar-refractivity contribution in [2.45, 2.75) is 78.4 Å². The van der Waals surface area contributed by atoms with Crippen LogP contribution in [-0.2, 0) is 14.3 Å². The van der Waals surface area contributed by atoms with Gasteiger partial charge in [0.2, 0.25) is 0 Å². The number of amides is 1. The van der Waals surface area contributed by atoms with Crippen LogP contribution in [0.2, 0.25) is 0 Å². The fraction of sp³-hybridized carbons (Fsp3) is 0.895. The van der Waals surface area contributed by atoms with E-state index in [1.165, 1.54) is 0 Å². The molecule has 0 aromatic rings. The molecule has 0 saturated carbocycles. The number of nitrogens with one attached hydrogen (secondary N) is 3. The molecular weight excluding hydrogens is 334 g/mol. The van der Waals surface area contributed by atoms with Crippen LogP contribution < -0.4 is 16.0 Å². The van der Waals surface area contributed by atoms with Crippen molar-refractivity contribution in [3.8, 4) is 0 Å². The predicted molar refractivity (Wildman–Crippen MR) is 104 cm³/mol. The van der Waals surface area contributed by atoms with E-state index in [0.717, 1.165) is 45.4 Å². The molecule has 0 fully saturated rings. The van der Waals surface area contributed by atoms with Crippen LogP contribution in [0.4, 0.5) is 4.79 Å². The Kier molecular flexibility index (Phi) is 12.3. The quantitative estimate of drug-likeness (QED) is 0.360. The molecule has 0 spiro atoms. The third-order valence-corrected chi connectivity index (χ3v) is 3.08. The van der Waals surface area contributed by atoms with Crippen LogP contribution in [0.3, 0.4) is 0 Å². The van der Waals surface area contributed by atoms with Gasteiger partial charge in [-0.3, -0.25) is 4.79 Å². The lowest BCUT2D eigenvalue weighted by Gasteiger charge is -2.19. The fourth-order valence-corrected chi connectivity index (χ4v) is 2.07. The molecule has 154 valence electrons. The van der Waals surface area contributed by atoms with Gasteiger partial charge in [0.25, 0.3) is 0 Å². The molecule has 0 aromatic heterocycles. The van der Waals surface area contributed by atoms with Crippen LogP contribution in [0, 0.1) is 0 Å². The van der Waals surface area contributed by atoms with Gasteiger partial charge in [-0.25, -0.2) is 4.79 Å². The lowest BCUT2D eigenvalue weighted by molar-refractivity contribution is -0.154. The van der Waals surface area contributed by atoms with E-state index in [4.69, 9.17) is 9.47 Å². The highest BCUT2D eigenvalue weighted by Gasteiger charge is 2.16. The lowest BCUT2D eigenvalue weighted by Crippen LogP contribution is -2.36. The first kappa shape index (κ1) is 24.7. The van der Waals surface area contributed by atoms with Crippen LogP contribution in [0.5, 0.6) is 0 Å². The summed E-state index contributed by atoms with van der Waals surface area (Å²) in [6, 6.07) is 0. The smallest absolute Gasteiger partial charge is 0.407 e. The Bertz CT molecular complexity index is 363. The zero-order chi connectivity index (χ0) is 20.1. The zero-order valence-corrected chi connectivity index (χ0v) is 17.5. The summed E-state index contributed by atoms with van der Waals surface area (Å²) in [5, 5.41) is 9.34. The van der Waals surface area contributed by atoms with Gasteiger partial charge in [0.15, 0.2) is 0 Å². The number of carbonyl (C=O) groups excluding carboxylic acids is 2. The maximum absolute atomic E-state index is 11.5. The van der Waals surface area contributed by atoms with Crippen molar-refractivity contribution < 1.29 is 19.1 Å². The monoisotopic (exact) mass is 373 g/mol. The highest BCUT2D eigenvalue weighted by atomic mass is 16.6. The van der Waals surface area contributed by atoms with Crippen LogP contribution in [0.1, 0.15) is 67.2 Å². The molecule has 0 unspecified atom stereocenters. The van der Waals surface area contributed by atoms with Crippen LogP contribution >= 0.6 is 0 Å². The van der Waals surface area contributed by atoms with E-state index < -0.39 is 11.2 Å². The predicted octanol–water partition coefficient (Wildman–Crippen LogP) is 2.59. The number of esters is 1. The Morgan fingerprint density at radius 1 is 0.692 bits per heavy atom. The third-order valence-electron chi connectivity index (χ3n) is 3.08. The molecule has 0 aromatic carbocycles. The van der Waals surface area contributed by atoms with Crippen molar-refractivity contribution in [3.05, 3.63) is 0 Å². The maximum atomic E-state index is 11.5. The molecule has 7 nitrogen and oxygen atoms in total. The van der Waals surface area contributed by atoms with E-state index in [9.17, 15) is 9.59 Å². The molecule has 0 aliphatic heterocycles. The summed E-state index contributed by atoms with van der Waals surface area (Å²) in [5.74, 6) is -0.123. The van der Waals surface area contributed by atoms with Crippen LogP contribution in [0.25, 0.3) is 0 Å². The Hall–Kier alpha value is -1.34. The van der Waals surface area contributed by atoms with Crippen molar-refractivity contribution in [3.63, 3.8) is 0 Å². The van der Waals surface area contributed by atoms with Gasteiger partial charge in [0, 0.05) is 19.5 Å². The van der Waals surface area contributed by atoms with Gasteiger partial charge in [0.05, 0.1) is 0 Å². The van der Waals surface area contributed by atoms with Crippen LogP contribution in [-0.4, -0.2) is 56.0 Å². The summed E-state index contributed by atoms with van der Waals surface area (Å²) >= 11 is 0. The van der Waals surface area contributed by atoms with E-state index in [2.05, 4.69) is 16.0 Å².